The van der Waals surface area contributed by atoms with E-state index in [-0.39, 0.29) is 10.8 Å². The van der Waals surface area contributed by atoms with Crippen LogP contribution in [0.3, 0.4) is 0 Å². The Bertz CT molecular complexity index is 724. The maximum absolute atomic E-state index is 12.3. The lowest BCUT2D eigenvalue weighted by Crippen LogP contribution is -2.16. The fraction of sp³-hybridized carbons (Fsp3) is 0.435. The van der Waals surface area contributed by atoms with E-state index in [4.69, 9.17) is 4.74 Å². The quantitative estimate of drug-likeness (QED) is 0.546. The Hall–Kier alpha value is -1.74. The van der Waals surface area contributed by atoms with E-state index in [9.17, 15) is 4.79 Å². The molecule has 2 nitrogen and oxygen atoms in total. The van der Waals surface area contributed by atoms with Gasteiger partial charge in [0.1, 0.15) is 5.75 Å². The molecule has 1 aliphatic carbocycles. The van der Waals surface area contributed by atoms with Crippen molar-refractivity contribution in [1.82, 2.24) is 0 Å². The van der Waals surface area contributed by atoms with Crippen LogP contribution in [-0.2, 0) is 4.79 Å². The van der Waals surface area contributed by atoms with E-state index in [0.717, 1.165) is 23.3 Å². The second-order valence-corrected chi connectivity index (χ2v) is 8.31. The van der Waals surface area contributed by atoms with Crippen molar-refractivity contribution in [3.8, 4) is 16.9 Å². The monoisotopic (exact) mass is 370 g/mol. The topological polar surface area (TPSA) is 26.3 Å². The molecule has 1 unspecified atom stereocenters. The van der Waals surface area contributed by atoms with Crippen LogP contribution in [0, 0.1) is 10.8 Å². The lowest BCUT2D eigenvalue weighted by Gasteiger charge is -2.14. The molecule has 3 rings (SSSR count). The lowest BCUT2D eigenvalue weighted by molar-refractivity contribution is -0.116. The van der Waals surface area contributed by atoms with Gasteiger partial charge in [0.25, 0.3) is 0 Å². The van der Waals surface area contributed by atoms with Gasteiger partial charge in [-0.15, -0.1) is 0 Å². The first-order chi connectivity index (χ1) is 12.4. The first kappa shape index (κ1) is 20.6. The summed E-state index contributed by atoms with van der Waals surface area (Å²) < 4.78 is 5.95. The number of rotatable bonds is 6. The first-order valence-electron chi connectivity index (χ1n) is 9.38. The van der Waals surface area contributed by atoms with Crippen LogP contribution in [-0.4, -0.2) is 17.5 Å². The molecule has 0 radical (unpaired) electrons. The van der Waals surface area contributed by atoms with Crippen LogP contribution in [0.5, 0.6) is 5.75 Å². The van der Waals surface area contributed by atoms with Crippen LogP contribution in [0.2, 0.25) is 0 Å². The lowest BCUT2D eigenvalue weighted by atomic mass is 10.0. The highest BCUT2D eigenvalue weighted by atomic mass is 32.2. The third kappa shape index (κ3) is 4.50. The minimum atomic E-state index is -0.153. The summed E-state index contributed by atoms with van der Waals surface area (Å²) in [6, 6.07) is 18.3. The number of hydrogen-bond donors (Lipinski definition) is 0. The van der Waals surface area contributed by atoms with Gasteiger partial charge in [0.15, 0.2) is 5.12 Å². The average molecular weight is 371 g/mol. The largest absolute Gasteiger partial charge is 0.492 e. The van der Waals surface area contributed by atoms with E-state index < -0.39 is 0 Å². The van der Waals surface area contributed by atoms with E-state index in [0.29, 0.717) is 17.5 Å². The molecule has 0 heterocycles. The van der Waals surface area contributed by atoms with Gasteiger partial charge in [-0.2, -0.15) is 0 Å². The number of ether oxygens (including phenoxy) is 1. The summed E-state index contributed by atoms with van der Waals surface area (Å²) in [4.78, 5) is 12.3. The normalized spacial score (nSPS) is 19.9. The van der Waals surface area contributed by atoms with E-state index >= 15 is 0 Å². The molecule has 1 saturated carbocycles. The molecule has 0 saturated heterocycles. The summed E-state index contributed by atoms with van der Waals surface area (Å²) in [5, 5.41) is 0.299. The number of carbonyl (C=O) groups is 1. The molecule has 1 aliphatic rings. The van der Waals surface area contributed by atoms with Crippen LogP contribution in [0.1, 0.15) is 41.0 Å². The zero-order valence-corrected chi connectivity index (χ0v) is 17.4. The van der Waals surface area contributed by atoms with Crippen molar-refractivity contribution in [3.05, 3.63) is 54.6 Å². The second-order valence-electron chi connectivity index (χ2n) is 7.24. The standard InChI is InChI=1S/C21H24O2S.C2H6/c1-20(2)15-21(20,3)19(22)24-14-13-23-18-12-8-7-11-17(18)16-9-5-4-6-10-16;1-2/h4-12H,13-15H2,1-3H3;1-2H3. The van der Waals surface area contributed by atoms with Crippen molar-refractivity contribution < 1.29 is 9.53 Å². The van der Waals surface area contributed by atoms with Gasteiger partial charge in [-0.25, -0.2) is 0 Å². The molecule has 26 heavy (non-hydrogen) atoms. The molecule has 1 atom stereocenters. The summed E-state index contributed by atoms with van der Waals surface area (Å²) in [6.45, 7) is 10.9. The molecule has 1 fully saturated rings. The predicted octanol–water partition coefficient (Wildman–Crippen LogP) is 6.45. The van der Waals surface area contributed by atoms with Gasteiger partial charge in [0.2, 0.25) is 0 Å². The summed E-state index contributed by atoms with van der Waals surface area (Å²) in [5.41, 5.74) is 2.23. The summed E-state index contributed by atoms with van der Waals surface area (Å²) >= 11 is 1.41. The number of thioether (sulfide) groups is 1. The third-order valence-corrected chi connectivity index (χ3v) is 6.24. The minimum absolute atomic E-state index is 0.151. The zero-order valence-electron chi connectivity index (χ0n) is 16.5. The van der Waals surface area contributed by atoms with Crippen LogP contribution >= 0.6 is 11.8 Å². The Morgan fingerprint density at radius 3 is 2.19 bits per heavy atom. The Balaban J connectivity index is 0.00000117. The van der Waals surface area contributed by atoms with Gasteiger partial charge in [0, 0.05) is 16.7 Å². The molecule has 0 bridgehead atoms. The van der Waals surface area contributed by atoms with Crippen molar-refractivity contribution in [3.63, 3.8) is 0 Å². The van der Waals surface area contributed by atoms with Crippen LogP contribution in [0.15, 0.2) is 54.6 Å². The number of hydrogen-bond acceptors (Lipinski definition) is 3. The van der Waals surface area contributed by atoms with E-state index in [1.54, 1.807) is 0 Å². The fourth-order valence-electron chi connectivity index (χ4n) is 3.08. The molecule has 140 valence electrons. The second kappa shape index (κ2) is 8.77. The molecular formula is C23H30O2S. The maximum Gasteiger partial charge on any atom is 0.195 e. The summed E-state index contributed by atoms with van der Waals surface area (Å²) in [7, 11) is 0. The number of benzene rings is 2. The van der Waals surface area contributed by atoms with E-state index in [1.807, 2.05) is 50.2 Å². The Morgan fingerprint density at radius 1 is 1.00 bits per heavy atom. The minimum Gasteiger partial charge on any atom is -0.492 e. The van der Waals surface area contributed by atoms with Crippen molar-refractivity contribution in [2.75, 3.05) is 12.4 Å². The van der Waals surface area contributed by atoms with Gasteiger partial charge >= 0.3 is 0 Å². The summed E-state index contributed by atoms with van der Waals surface area (Å²) in [5.74, 6) is 1.56. The van der Waals surface area contributed by atoms with Crippen molar-refractivity contribution in [1.29, 1.82) is 0 Å². The highest BCUT2D eigenvalue weighted by Crippen LogP contribution is 2.64. The SMILES string of the molecule is CC.CC1(C)CC1(C)C(=O)SCCOc1ccccc1-c1ccccc1. The molecular weight excluding hydrogens is 340 g/mol. The molecule has 0 spiro atoms. The van der Waals surface area contributed by atoms with Crippen molar-refractivity contribution in [2.45, 2.75) is 41.0 Å². The Kier molecular flexibility index (Phi) is 6.94. The molecule has 0 amide bonds. The molecule has 2 aromatic carbocycles. The van der Waals surface area contributed by atoms with Gasteiger partial charge in [0.05, 0.1) is 6.61 Å². The van der Waals surface area contributed by atoms with Crippen molar-refractivity contribution in [2.24, 2.45) is 10.8 Å². The average Bonchev–Trinajstić information content (AvgIpc) is 3.20. The molecule has 3 heteroatoms. The van der Waals surface area contributed by atoms with Crippen molar-refractivity contribution >= 4 is 16.9 Å². The Labute approximate surface area is 162 Å². The highest BCUT2D eigenvalue weighted by Gasteiger charge is 2.62. The molecule has 0 aromatic heterocycles. The van der Waals surface area contributed by atoms with Crippen LogP contribution in [0.4, 0.5) is 0 Å². The van der Waals surface area contributed by atoms with Gasteiger partial charge in [-0.3, -0.25) is 4.79 Å². The fourth-order valence-corrected chi connectivity index (χ4v) is 4.10. The first-order valence-corrected chi connectivity index (χ1v) is 10.4. The van der Waals surface area contributed by atoms with E-state index in [1.165, 1.54) is 11.8 Å². The smallest absolute Gasteiger partial charge is 0.195 e. The number of carbonyl (C=O) groups excluding carboxylic acids is 1. The van der Waals surface area contributed by atoms with Gasteiger partial charge in [-0.1, -0.05) is 94.9 Å². The Morgan fingerprint density at radius 2 is 1.58 bits per heavy atom. The number of para-hydroxylation sites is 1. The molecule has 0 N–H and O–H groups in total. The summed E-state index contributed by atoms with van der Waals surface area (Å²) in [6.07, 6.45) is 0.990. The van der Waals surface area contributed by atoms with E-state index in [2.05, 4.69) is 39.0 Å². The van der Waals surface area contributed by atoms with Crippen LogP contribution < -0.4 is 4.74 Å². The van der Waals surface area contributed by atoms with Crippen LogP contribution in [0.25, 0.3) is 11.1 Å². The predicted molar refractivity (Wildman–Crippen MR) is 113 cm³/mol. The third-order valence-electron chi connectivity index (χ3n) is 5.16. The molecule has 2 aromatic rings. The molecule has 0 aliphatic heterocycles. The maximum atomic E-state index is 12.3. The van der Waals surface area contributed by atoms with Gasteiger partial charge < -0.3 is 4.74 Å². The zero-order chi connectivity index (χ0) is 19.2. The highest BCUT2D eigenvalue weighted by molar-refractivity contribution is 8.13. The van der Waals surface area contributed by atoms with Gasteiger partial charge in [-0.05, 0) is 23.5 Å².